The van der Waals surface area contributed by atoms with Gasteiger partial charge in [-0.2, -0.15) is 0 Å². The van der Waals surface area contributed by atoms with E-state index in [0.717, 1.165) is 11.1 Å². The second-order valence-electron chi connectivity index (χ2n) is 5.77. The van der Waals surface area contributed by atoms with Crippen LogP contribution in [0, 0.1) is 5.82 Å². The Labute approximate surface area is 139 Å². The lowest BCUT2D eigenvalue weighted by atomic mass is 9.99. The van der Waals surface area contributed by atoms with E-state index < -0.39 is 0 Å². The van der Waals surface area contributed by atoms with Crippen LogP contribution >= 0.6 is 0 Å². The van der Waals surface area contributed by atoms with Gasteiger partial charge in [0.2, 0.25) is 5.91 Å². The van der Waals surface area contributed by atoms with Gasteiger partial charge in [0.25, 0.3) is 0 Å². The zero-order chi connectivity index (χ0) is 17.1. The molecule has 2 heterocycles. The number of aliphatic hydroxyl groups excluding tert-OH is 1. The quantitative estimate of drug-likeness (QED) is 0.870. The van der Waals surface area contributed by atoms with Gasteiger partial charge in [0, 0.05) is 19.9 Å². The number of hydrogen-bond acceptors (Lipinski definition) is 4. The maximum absolute atomic E-state index is 13.0. The number of aliphatic hydroxyl groups is 1. The smallest absolute Gasteiger partial charge is 0.232 e. The molecule has 0 radical (unpaired) electrons. The first-order valence-corrected chi connectivity index (χ1v) is 7.71. The second-order valence-corrected chi connectivity index (χ2v) is 5.77. The van der Waals surface area contributed by atoms with Crippen LogP contribution in [-0.4, -0.2) is 36.2 Å². The van der Waals surface area contributed by atoms with Crippen LogP contribution in [0.3, 0.4) is 0 Å². The zero-order valence-corrected chi connectivity index (χ0v) is 13.4. The van der Waals surface area contributed by atoms with Crippen LogP contribution in [0.15, 0.2) is 59.3 Å². The molecule has 0 aromatic heterocycles. The van der Waals surface area contributed by atoms with Crippen molar-refractivity contribution in [3.63, 3.8) is 0 Å². The summed E-state index contributed by atoms with van der Waals surface area (Å²) in [4.78, 5) is 13.6. The number of carbonyl (C=O) groups excluding carboxylic acids is 1. The molecule has 0 fully saturated rings. The third-order valence-electron chi connectivity index (χ3n) is 3.93. The lowest BCUT2D eigenvalue weighted by Crippen LogP contribution is -2.38. The molecule has 2 aliphatic rings. The minimum atomic E-state index is -0.272. The predicted octanol–water partition coefficient (Wildman–Crippen LogP) is 2.39. The van der Waals surface area contributed by atoms with E-state index in [-0.39, 0.29) is 23.9 Å². The number of rotatable bonds is 5. The summed E-state index contributed by atoms with van der Waals surface area (Å²) in [5, 5.41) is 13.0. The number of amides is 1. The van der Waals surface area contributed by atoms with E-state index in [1.807, 2.05) is 17.2 Å². The average Bonchev–Trinajstić information content (AvgIpc) is 2.54. The predicted molar refractivity (Wildman–Crippen MR) is 87.3 cm³/mol. The number of allylic oxidation sites excluding steroid dienone is 2. The Kier molecular flexibility index (Phi) is 4.66. The maximum Gasteiger partial charge on any atom is 0.232 e. The second kappa shape index (κ2) is 6.88. The van der Waals surface area contributed by atoms with E-state index >= 15 is 0 Å². The molecule has 2 aliphatic heterocycles. The molecule has 1 amide bonds. The molecule has 6 heteroatoms. The van der Waals surface area contributed by atoms with Gasteiger partial charge in [-0.05, 0) is 35.8 Å². The van der Waals surface area contributed by atoms with Crippen LogP contribution in [-0.2, 0) is 16.0 Å². The van der Waals surface area contributed by atoms with E-state index in [0.29, 0.717) is 31.0 Å². The summed E-state index contributed by atoms with van der Waals surface area (Å²) in [5.74, 6) is -0.457. The molecule has 126 valence electrons. The fourth-order valence-corrected chi connectivity index (χ4v) is 2.86. The molecule has 24 heavy (non-hydrogen) atoms. The molecular weight excluding hydrogens is 311 g/mol. The maximum atomic E-state index is 13.0. The zero-order valence-electron chi connectivity index (χ0n) is 13.4. The van der Waals surface area contributed by atoms with Crippen molar-refractivity contribution in [2.45, 2.75) is 12.8 Å². The molecule has 0 saturated carbocycles. The molecule has 2 N–H and O–H groups in total. The van der Waals surface area contributed by atoms with E-state index in [2.05, 4.69) is 5.32 Å². The number of carbonyl (C=O) groups is 1. The molecule has 0 aliphatic carbocycles. The Balaban J connectivity index is 1.90. The first-order valence-electron chi connectivity index (χ1n) is 7.71. The SMILES string of the molecule is COCCN1C=C(Cc2ccc(F)cc2)C=C2NC(=O)CC(O)=C21. The van der Waals surface area contributed by atoms with Gasteiger partial charge in [-0.1, -0.05) is 12.1 Å². The molecule has 0 unspecified atom stereocenters. The van der Waals surface area contributed by atoms with Crippen LogP contribution in [0.5, 0.6) is 0 Å². The van der Waals surface area contributed by atoms with E-state index in [4.69, 9.17) is 4.74 Å². The highest BCUT2D eigenvalue weighted by molar-refractivity contribution is 5.83. The Bertz CT molecular complexity index is 735. The van der Waals surface area contributed by atoms with Gasteiger partial charge >= 0.3 is 0 Å². The average molecular weight is 330 g/mol. The molecule has 3 rings (SSSR count). The fraction of sp³-hybridized carbons (Fsp3) is 0.278. The molecule has 0 atom stereocenters. The highest BCUT2D eigenvalue weighted by Gasteiger charge is 2.28. The van der Waals surface area contributed by atoms with Crippen molar-refractivity contribution in [2.24, 2.45) is 0 Å². The first-order chi connectivity index (χ1) is 11.6. The topological polar surface area (TPSA) is 61.8 Å². The third-order valence-corrected chi connectivity index (χ3v) is 3.93. The summed E-state index contributed by atoms with van der Waals surface area (Å²) in [6.45, 7) is 1.04. The number of benzene rings is 1. The number of nitrogens with one attached hydrogen (secondary N) is 1. The molecule has 0 saturated heterocycles. The van der Waals surface area contributed by atoms with Crippen molar-refractivity contribution in [2.75, 3.05) is 20.3 Å². The number of methoxy groups -OCH3 is 1. The first kappa shape index (κ1) is 16.3. The number of fused-ring (bicyclic) bond motifs is 1. The van der Waals surface area contributed by atoms with Crippen molar-refractivity contribution >= 4 is 5.91 Å². The number of halogens is 1. The molecule has 1 aromatic carbocycles. The van der Waals surface area contributed by atoms with E-state index in [1.54, 1.807) is 19.2 Å². The van der Waals surface area contributed by atoms with E-state index in [1.165, 1.54) is 12.1 Å². The van der Waals surface area contributed by atoms with Gasteiger partial charge in [-0.15, -0.1) is 0 Å². The van der Waals surface area contributed by atoms with Gasteiger partial charge in [-0.25, -0.2) is 4.39 Å². The minimum absolute atomic E-state index is 0.0305. The normalized spacial score (nSPS) is 17.2. The number of ether oxygens (including phenoxy) is 1. The molecule has 5 nitrogen and oxygen atoms in total. The van der Waals surface area contributed by atoms with Crippen LogP contribution in [0.25, 0.3) is 0 Å². The van der Waals surface area contributed by atoms with Gasteiger partial charge < -0.3 is 20.1 Å². The van der Waals surface area contributed by atoms with Gasteiger partial charge in [0.05, 0.1) is 18.7 Å². The summed E-state index contributed by atoms with van der Waals surface area (Å²) in [6.07, 6.45) is 4.33. The summed E-state index contributed by atoms with van der Waals surface area (Å²) >= 11 is 0. The van der Waals surface area contributed by atoms with Gasteiger partial charge in [0.15, 0.2) is 0 Å². The van der Waals surface area contributed by atoms with Crippen LogP contribution < -0.4 is 5.32 Å². The number of nitrogens with zero attached hydrogens (tertiary/aromatic N) is 1. The van der Waals surface area contributed by atoms with Gasteiger partial charge in [-0.3, -0.25) is 4.79 Å². The standard InChI is InChI=1S/C18H19FN2O3/c1-24-7-6-21-11-13(8-12-2-4-14(19)5-3-12)9-15-18(21)16(22)10-17(23)20-15/h2-5,9,11,22H,6-8,10H2,1H3,(H,20,23). The van der Waals surface area contributed by atoms with E-state index in [9.17, 15) is 14.3 Å². The lowest BCUT2D eigenvalue weighted by Gasteiger charge is -2.33. The van der Waals surface area contributed by atoms with Crippen molar-refractivity contribution in [1.82, 2.24) is 10.2 Å². The third kappa shape index (κ3) is 3.49. The molecular formula is C18H19FN2O3. The Morgan fingerprint density at radius 2 is 2.08 bits per heavy atom. The van der Waals surface area contributed by atoms with Gasteiger partial charge in [0.1, 0.15) is 17.3 Å². The largest absolute Gasteiger partial charge is 0.510 e. The fourth-order valence-electron chi connectivity index (χ4n) is 2.86. The highest BCUT2D eigenvalue weighted by Crippen LogP contribution is 2.29. The molecule has 1 aromatic rings. The summed E-state index contributed by atoms with van der Waals surface area (Å²) in [7, 11) is 1.61. The monoisotopic (exact) mass is 330 g/mol. The molecule has 0 spiro atoms. The van der Waals surface area contributed by atoms with Crippen molar-refractivity contribution in [1.29, 1.82) is 0 Å². The Morgan fingerprint density at radius 3 is 2.79 bits per heavy atom. The van der Waals surface area contributed by atoms with Crippen molar-refractivity contribution < 1.29 is 19.0 Å². The summed E-state index contributed by atoms with van der Waals surface area (Å²) in [6, 6.07) is 6.31. The van der Waals surface area contributed by atoms with Crippen LogP contribution in [0.4, 0.5) is 4.39 Å². The van der Waals surface area contributed by atoms with Crippen molar-refractivity contribution in [3.05, 3.63) is 70.6 Å². The minimum Gasteiger partial charge on any atom is -0.510 e. The van der Waals surface area contributed by atoms with Crippen molar-refractivity contribution in [3.8, 4) is 0 Å². The Hall–Kier alpha value is -2.60. The van der Waals surface area contributed by atoms with Crippen LogP contribution in [0.1, 0.15) is 12.0 Å². The lowest BCUT2D eigenvalue weighted by molar-refractivity contribution is -0.120. The molecule has 0 bridgehead atoms. The van der Waals surface area contributed by atoms with Crippen LogP contribution in [0.2, 0.25) is 0 Å². The summed E-state index contributed by atoms with van der Waals surface area (Å²) in [5.41, 5.74) is 3.10. The Morgan fingerprint density at radius 1 is 1.33 bits per heavy atom. The highest BCUT2D eigenvalue weighted by atomic mass is 19.1. The summed E-state index contributed by atoms with van der Waals surface area (Å²) < 4.78 is 18.2. The number of hydrogen-bond donors (Lipinski definition) is 2.